The van der Waals surface area contributed by atoms with Gasteiger partial charge in [-0.2, -0.15) is 5.10 Å². The molecule has 0 spiro atoms. The first kappa shape index (κ1) is 15.5. The molecule has 1 heterocycles. The number of nitrogens with zero attached hydrogens (tertiary/aromatic N) is 2. The first-order valence-electron chi connectivity index (χ1n) is 6.65. The van der Waals surface area contributed by atoms with Gasteiger partial charge in [0.15, 0.2) is 0 Å². The highest BCUT2D eigenvalue weighted by molar-refractivity contribution is 6.33. The summed E-state index contributed by atoms with van der Waals surface area (Å²) in [6.45, 7) is 5.76. The Kier molecular flexibility index (Phi) is 4.34. The maximum atomic E-state index is 12.3. The zero-order chi connectivity index (χ0) is 15.6. The van der Waals surface area contributed by atoms with Gasteiger partial charge in [0.2, 0.25) is 5.91 Å². The van der Waals surface area contributed by atoms with Crippen molar-refractivity contribution in [1.29, 1.82) is 0 Å². The normalized spacial score (nSPS) is 13.0. The van der Waals surface area contributed by atoms with Crippen molar-refractivity contribution in [3.8, 4) is 5.69 Å². The van der Waals surface area contributed by atoms with E-state index >= 15 is 0 Å². The standard InChI is InChI=1S/C15H19ClN4O/c1-15(2,3)13(17)14(21)19-11-7-4-6-10(16)12(11)20-9-5-8-18-20/h4-9,13H,17H2,1-3H3,(H,19,21). The van der Waals surface area contributed by atoms with Crippen LogP contribution in [0.1, 0.15) is 20.8 Å². The zero-order valence-corrected chi connectivity index (χ0v) is 13.1. The van der Waals surface area contributed by atoms with E-state index in [1.807, 2.05) is 20.8 Å². The van der Waals surface area contributed by atoms with Crippen molar-refractivity contribution < 1.29 is 4.79 Å². The van der Waals surface area contributed by atoms with Crippen molar-refractivity contribution in [3.63, 3.8) is 0 Å². The van der Waals surface area contributed by atoms with Gasteiger partial charge in [-0.25, -0.2) is 4.68 Å². The number of halogens is 1. The van der Waals surface area contributed by atoms with Gasteiger partial charge in [-0.1, -0.05) is 38.4 Å². The van der Waals surface area contributed by atoms with Gasteiger partial charge >= 0.3 is 0 Å². The number of para-hydroxylation sites is 1. The highest BCUT2D eigenvalue weighted by atomic mass is 35.5. The Morgan fingerprint density at radius 1 is 1.38 bits per heavy atom. The lowest BCUT2D eigenvalue weighted by molar-refractivity contribution is -0.119. The van der Waals surface area contributed by atoms with Crippen LogP contribution in [0.4, 0.5) is 5.69 Å². The largest absolute Gasteiger partial charge is 0.323 e. The minimum Gasteiger partial charge on any atom is -0.323 e. The first-order valence-corrected chi connectivity index (χ1v) is 7.03. The van der Waals surface area contributed by atoms with Crippen molar-refractivity contribution in [2.75, 3.05) is 5.32 Å². The van der Waals surface area contributed by atoms with Gasteiger partial charge in [-0.15, -0.1) is 0 Å². The number of nitrogens with one attached hydrogen (secondary N) is 1. The van der Waals surface area contributed by atoms with E-state index in [0.29, 0.717) is 16.4 Å². The van der Waals surface area contributed by atoms with Crippen LogP contribution < -0.4 is 11.1 Å². The van der Waals surface area contributed by atoms with Gasteiger partial charge in [0.25, 0.3) is 0 Å². The van der Waals surface area contributed by atoms with Crippen LogP contribution in [0.3, 0.4) is 0 Å². The van der Waals surface area contributed by atoms with Crippen LogP contribution in [-0.2, 0) is 4.79 Å². The molecule has 21 heavy (non-hydrogen) atoms. The number of nitrogens with two attached hydrogens (primary N) is 1. The van der Waals surface area contributed by atoms with Crippen LogP contribution in [0.25, 0.3) is 5.69 Å². The molecule has 0 aliphatic rings. The van der Waals surface area contributed by atoms with E-state index in [1.54, 1.807) is 41.3 Å². The molecule has 112 valence electrons. The molecule has 0 radical (unpaired) electrons. The molecule has 6 heteroatoms. The summed E-state index contributed by atoms with van der Waals surface area (Å²) in [4.78, 5) is 12.3. The Hall–Kier alpha value is -1.85. The van der Waals surface area contributed by atoms with Crippen LogP contribution in [0.15, 0.2) is 36.7 Å². The van der Waals surface area contributed by atoms with Gasteiger partial charge in [0.05, 0.1) is 16.8 Å². The predicted octanol–water partition coefficient (Wildman–Crippen LogP) is 2.84. The number of hydrogen-bond acceptors (Lipinski definition) is 3. The Morgan fingerprint density at radius 3 is 2.67 bits per heavy atom. The average Bonchev–Trinajstić information content (AvgIpc) is 2.90. The molecule has 1 atom stereocenters. The van der Waals surface area contributed by atoms with Gasteiger partial charge in [-0.3, -0.25) is 4.79 Å². The summed E-state index contributed by atoms with van der Waals surface area (Å²) in [7, 11) is 0. The second-order valence-corrected chi connectivity index (χ2v) is 6.33. The number of aromatic nitrogens is 2. The summed E-state index contributed by atoms with van der Waals surface area (Å²) in [5.74, 6) is -0.252. The lowest BCUT2D eigenvalue weighted by Crippen LogP contribution is -2.45. The second-order valence-electron chi connectivity index (χ2n) is 5.92. The number of anilines is 1. The van der Waals surface area contributed by atoms with Gasteiger partial charge in [-0.05, 0) is 23.6 Å². The van der Waals surface area contributed by atoms with E-state index in [4.69, 9.17) is 17.3 Å². The third-order valence-corrected chi connectivity index (χ3v) is 3.50. The second kappa shape index (κ2) is 5.87. The fourth-order valence-electron chi connectivity index (χ4n) is 1.85. The molecule has 0 bridgehead atoms. The molecule has 1 aromatic heterocycles. The highest BCUT2D eigenvalue weighted by Crippen LogP contribution is 2.28. The Morgan fingerprint density at radius 2 is 2.10 bits per heavy atom. The number of carbonyl (C=O) groups excluding carboxylic acids is 1. The molecule has 0 saturated carbocycles. The molecular weight excluding hydrogens is 288 g/mol. The van der Waals surface area contributed by atoms with E-state index < -0.39 is 6.04 Å². The molecule has 3 N–H and O–H groups in total. The van der Waals surface area contributed by atoms with E-state index in [2.05, 4.69) is 10.4 Å². The van der Waals surface area contributed by atoms with Crippen LogP contribution in [0.2, 0.25) is 5.02 Å². The molecule has 0 fully saturated rings. The third-order valence-electron chi connectivity index (χ3n) is 3.19. The van der Waals surface area contributed by atoms with E-state index in [0.717, 1.165) is 0 Å². The Bertz CT molecular complexity index is 632. The maximum Gasteiger partial charge on any atom is 0.241 e. The van der Waals surface area contributed by atoms with Crippen LogP contribution in [0, 0.1) is 5.41 Å². The maximum absolute atomic E-state index is 12.3. The Balaban J connectivity index is 2.34. The molecule has 1 aromatic carbocycles. The van der Waals surface area contributed by atoms with Crippen LogP contribution in [-0.4, -0.2) is 21.7 Å². The summed E-state index contributed by atoms with van der Waals surface area (Å²) < 4.78 is 1.61. The average molecular weight is 307 g/mol. The van der Waals surface area contributed by atoms with Crippen molar-refractivity contribution in [1.82, 2.24) is 9.78 Å². The molecule has 0 saturated heterocycles. The molecule has 5 nitrogen and oxygen atoms in total. The van der Waals surface area contributed by atoms with Crippen molar-refractivity contribution in [3.05, 3.63) is 41.7 Å². The molecule has 2 aromatic rings. The van der Waals surface area contributed by atoms with Crippen molar-refractivity contribution >= 4 is 23.2 Å². The lowest BCUT2D eigenvalue weighted by atomic mass is 9.87. The van der Waals surface area contributed by atoms with Crippen LogP contribution in [0.5, 0.6) is 0 Å². The topological polar surface area (TPSA) is 72.9 Å². The minimum atomic E-state index is -0.623. The van der Waals surface area contributed by atoms with Gasteiger partial charge in [0.1, 0.15) is 5.69 Å². The summed E-state index contributed by atoms with van der Waals surface area (Å²) in [5, 5.41) is 7.50. The number of amides is 1. The molecule has 1 amide bonds. The fourth-order valence-corrected chi connectivity index (χ4v) is 2.12. The predicted molar refractivity (Wildman–Crippen MR) is 84.6 cm³/mol. The summed E-state index contributed by atoms with van der Waals surface area (Å²) >= 11 is 6.23. The number of hydrogen-bond donors (Lipinski definition) is 2. The number of benzene rings is 1. The molecule has 2 rings (SSSR count). The Labute approximate surface area is 129 Å². The highest BCUT2D eigenvalue weighted by Gasteiger charge is 2.28. The summed E-state index contributed by atoms with van der Waals surface area (Å²) in [5.41, 5.74) is 6.86. The lowest BCUT2D eigenvalue weighted by Gasteiger charge is -2.26. The van der Waals surface area contributed by atoms with Crippen LogP contribution >= 0.6 is 11.6 Å². The van der Waals surface area contributed by atoms with E-state index in [1.165, 1.54) is 0 Å². The van der Waals surface area contributed by atoms with Gasteiger partial charge < -0.3 is 11.1 Å². The molecular formula is C15H19ClN4O. The SMILES string of the molecule is CC(C)(C)C(N)C(=O)Nc1cccc(Cl)c1-n1cccn1. The molecule has 0 aliphatic heterocycles. The van der Waals surface area contributed by atoms with Crippen molar-refractivity contribution in [2.24, 2.45) is 11.1 Å². The molecule has 1 unspecified atom stereocenters. The van der Waals surface area contributed by atoms with E-state index in [9.17, 15) is 4.79 Å². The van der Waals surface area contributed by atoms with Crippen molar-refractivity contribution in [2.45, 2.75) is 26.8 Å². The fraction of sp³-hybridized carbons (Fsp3) is 0.333. The quantitative estimate of drug-likeness (QED) is 0.916. The number of carbonyl (C=O) groups is 1. The van der Waals surface area contributed by atoms with E-state index in [-0.39, 0.29) is 11.3 Å². The zero-order valence-electron chi connectivity index (χ0n) is 12.3. The summed E-state index contributed by atoms with van der Waals surface area (Å²) in [6.07, 6.45) is 3.41. The monoisotopic (exact) mass is 306 g/mol. The number of rotatable bonds is 3. The summed E-state index contributed by atoms with van der Waals surface area (Å²) in [6, 6.07) is 6.46. The minimum absolute atomic E-state index is 0.252. The third kappa shape index (κ3) is 3.43. The smallest absolute Gasteiger partial charge is 0.241 e. The van der Waals surface area contributed by atoms with Gasteiger partial charge in [0, 0.05) is 12.4 Å². The first-order chi connectivity index (χ1) is 9.80. The molecule has 0 aliphatic carbocycles.